The van der Waals surface area contributed by atoms with Crippen LogP contribution in [0.25, 0.3) is 0 Å². The van der Waals surface area contributed by atoms with Crippen LogP contribution in [-0.2, 0) is 0 Å². The normalized spacial score (nSPS) is 30.4. The van der Waals surface area contributed by atoms with Gasteiger partial charge in [-0.25, -0.2) is 9.37 Å². The van der Waals surface area contributed by atoms with Crippen LogP contribution in [0.15, 0.2) is 12.3 Å². The number of piperidine rings is 1. The van der Waals surface area contributed by atoms with Gasteiger partial charge in [0.1, 0.15) is 12.0 Å². The van der Waals surface area contributed by atoms with Crippen molar-refractivity contribution in [2.75, 3.05) is 23.7 Å². The second kappa shape index (κ2) is 3.86. The van der Waals surface area contributed by atoms with Crippen molar-refractivity contribution < 1.29 is 9.50 Å². The highest BCUT2D eigenvalue weighted by atomic mass is 19.1. The fraction of sp³-hybridized carbons (Fsp3) is 0.600. The fourth-order valence-corrected chi connectivity index (χ4v) is 1.70. The highest BCUT2D eigenvalue weighted by Gasteiger charge is 2.38. The molecular formula is C10H15FN4O. The third-order valence-corrected chi connectivity index (χ3v) is 2.89. The topological polar surface area (TPSA) is 75.3 Å². The molecular weight excluding hydrogens is 211 g/mol. The first-order valence-corrected chi connectivity index (χ1v) is 5.19. The van der Waals surface area contributed by atoms with Crippen molar-refractivity contribution in [2.24, 2.45) is 0 Å². The molecule has 6 heteroatoms. The summed E-state index contributed by atoms with van der Waals surface area (Å²) in [6, 6.07) is 1.58. The maximum Gasteiger partial charge on any atom is 0.227 e. The van der Waals surface area contributed by atoms with E-state index in [1.54, 1.807) is 11.0 Å². The zero-order valence-electron chi connectivity index (χ0n) is 9.10. The predicted molar refractivity (Wildman–Crippen MR) is 58.8 cm³/mol. The Kier molecular flexibility index (Phi) is 2.67. The molecule has 2 heterocycles. The number of alkyl halides is 1. The Labute approximate surface area is 93.1 Å². The van der Waals surface area contributed by atoms with Crippen LogP contribution < -0.4 is 10.6 Å². The first-order chi connectivity index (χ1) is 7.49. The molecule has 0 saturated carbocycles. The summed E-state index contributed by atoms with van der Waals surface area (Å²) < 4.78 is 13.6. The lowest BCUT2D eigenvalue weighted by Gasteiger charge is -2.38. The SMILES string of the molecule is CC1(O)CCN(c2nccc(N)n2)C[C@H]1F. The quantitative estimate of drug-likeness (QED) is 0.723. The van der Waals surface area contributed by atoms with E-state index < -0.39 is 11.8 Å². The van der Waals surface area contributed by atoms with Gasteiger partial charge < -0.3 is 15.7 Å². The van der Waals surface area contributed by atoms with Gasteiger partial charge >= 0.3 is 0 Å². The lowest BCUT2D eigenvalue weighted by molar-refractivity contribution is -0.0332. The van der Waals surface area contributed by atoms with Crippen LogP contribution in [-0.4, -0.2) is 39.9 Å². The Morgan fingerprint density at radius 1 is 1.69 bits per heavy atom. The number of nitrogen functional groups attached to an aromatic ring is 1. The molecule has 1 saturated heterocycles. The second-order valence-corrected chi connectivity index (χ2v) is 4.30. The van der Waals surface area contributed by atoms with Crippen LogP contribution in [0.1, 0.15) is 13.3 Å². The number of nitrogens with zero attached hydrogens (tertiary/aromatic N) is 3. The van der Waals surface area contributed by atoms with Crippen molar-refractivity contribution in [3.05, 3.63) is 12.3 Å². The molecule has 88 valence electrons. The average Bonchev–Trinajstić information content (AvgIpc) is 2.22. The van der Waals surface area contributed by atoms with E-state index in [0.29, 0.717) is 24.7 Å². The highest BCUT2D eigenvalue weighted by molar-refractivity contribution is 5.38. The lowest BCUT2D eigenvalue weighted by Crippen LogP contribution is -2.52. The van der Waals surface area contributed by atoms with Crippen molar-refractivity contribution in [1.82, 2.24) is 9.97 Å². The molecule has 16 heavy (non-hydrogen) atoms. The van der Waals surface area contributed by atoms with Gasteiger partial charge in [0, 0.05) is 12.7 Å². The van der Waals surface area contributed by atoms with Gasteiger partial charge in [0.2, 0.25) is 5.95 Å². The van der Waals surface area contributed by atoms with E-state index in [1.165, 1.54) is 13.1 Å². The van der Waals surface area contributed by atoms with Gasteiger partial charge in [0.15, 0.2) is 0 Å². The molecule has 2 atom stereocenters. The fourth-order valence-electron chi connectivity index (χ4n) is 1.70. The van der Waals surface area contributed by atoms with E-state index in [9.17, 15) is 9.50 Å². The number of aromatic nitrogens is 2. The Balaban J connectivity index is 2.14. The average molecular weight is 226 g/mol. The Bertz CT molecular complexity index is 385. The number of hydrogen-bond acceptors (Lipinski definition) is 5. The Morgan fingerprint density at radius 2 is 2.44 bits per heavy atom. The van der Waals surface area contributed by atoms with Crippen molar-refractivity contribution in [1.29, 1.82) is 0 Å². The second-order valence-electron chi connectivity index (χ2n) is 4.30. The molecule has 2 rings (SSSR count). The van der Waals surface area contributed by atoms with Gasteiger partial charge in [-0.3, -0.25) is 0 Å². The minimum atomic E-state index is -1.30. The molecule has 1 unspecified atom stereocenters. The summed E-state index contributed by atoms with van der Waals surface area (Å²) in [6.07, 6.45) is 0.593. The van der Waals surface area contributed by atoms with Crippen molar-refractivity contribution in [3.8, 4) is 0 Å². The minimum Gasteiger partial charge on any atom is -0.387 e. The van der Waals surface area contributed by atoms with E-state index in [0.717, 1.165) is 0 Å². The number of anilines is 2. The molecule has 3 N–H and O–H groups in total. The number of halogens is 1. The van der Waals surface area contributed by atoms with Crippen LogP contribution in [0.3, 0.4) is 0 Å². The summed E-state index contributed by atoms with van der Waals surface area (Å²) in [6.45, 7) is 2.13. The maximum atomic E-state index is 13.6. The van der Waals surface area contributed by atoms with Gasteiger partial charge in [0.25, 0.3) is 0 Å². The van der Waals surface area contributed by atoms with Crippen LogP contribution in [0.2, 0.25) is 0 Å². The van der Waals surface area contributed by atoms with Gasteiger partial charge in [-0.2, -0.15) is 4.98 Å². The zero-order chi connectivity index (χ0) is 11.8. The summed E-state index contributed by atoms with van der Waals surface area (Å²) in [7, 11) is 0. The highest BCUT2D eigenvalue weighted by Crippen LogP contribution is 2.26. The molecule has 0 bridgehead atoms. The molecule has 1 fully saturated rings. The van der Waals surface area contributed by atoms with E-state index >= 15 is 0 Å². The molecule has 0 radical (unpaired) electrons. The molecule has 1 aliphatic rings. The number of rotatable bonds is 1. The van der Waals surface area contributed by atoms with E-state index in [4.69, 9.17) is 5.73 Å². The summed E-state index contributed by atoms with van der Waals surface area (Å²) in [4.78, 5) is 9.75. The van der Waals surface area contributed by atoms with Gasteiger partial charge in [0.05, 0.1) is 12.1 Å². The first-order valence-electron chi connectivity index (χ1n) is 5.19. The summed E-state index contributed by atoms with van der Waals surface area (Å²) in [5.74, 6) is 0.774. The lowest BCUT2D eigenvalue weighted by atomic mass is 9.92. The monoisotopic (exact) mass is 226 g/mol. The van der Waals surface area contributed by atoms with Crippen LogP contribution in [0, 0.1) is 0 Å². The standard InChI is InChI=1S/C10H15FN4O/c1-10(16)3-5-15(6-7(10)11)9-13-4-2-8(12)14-9/h2,4,7,16H,3,5-6H2,1H3,(H2,12,13,14)/t7-,10?/m1/s1. The smallest absolute Gasteiger partial charge is 0.227 e. The summed E-state index contributed by atoms with van der Waals surface area (Å²) >= 11 is 0. The number of hydrogen-bond donors (Lipinski definition) is 2. The Morgan fingerprint density at radius 3 is 3.06 bits per heavy atom. The molecule has 1 aromatic heterocycles. The molecule has 1 aliphatic heterocycles. The number of nitrogens with two attached hydrogens (primary N) is 1. The molecule has 0 aliphatic carbocycles. The predicted octanol–water partition coefficient (Wildman–Crippen LogP) is 0.358. The summed E-state index contributed by atoms with van der Waals surface area (Å²) in [5.41, 5.74) is 4.28. The van der Waals surface area contributed by atoms with E-state index in [-0.39, 0.29) is 6.54 Å². The summed E-state index contributed by atoms with van der Waals surface area (Å²) in [5, 5.41) is 9.70. The largest absolute Gasteiger partial charge is 0.387 e. The van der Waals surface area contributed by atoms with Crippen molar-refractivity contribution >= 4 is 11.8 Å². The molecule has 0 spiro atoms. The zero-order valence-corrected chi connectivity index (χ0v) is 9.10. The molecule has 1 aromatic rings. The molecule has 0 aromatic carbocycles. The third kappa shape index (κ3) is 2.06. The van der Waals surface area contributed by atoms with E-state index in [2.05, 4.69) is 9.97 Å². The first kappa shape index (κ1) is 11.1. The van der Waals surface area contributed by atoms with Crippen LogP contribution in [0.5, 0.6) is 0 Å². The van der Waals surface area contributed by atoms with Crippen molar-refractivity contribution in [2.45, 2.75) is 25.1 Å². The minimum absolute atomic E-state index is 0.0937. The van der Waals surface area contributed by atoms with Crippen LogP contribution in [0.4, 0.5) is 16.2 Å². The van der Waals surface area contributed by atoms with Gasteiger partial charge in [-0.05, 0) is 19.4 Å². The van der Waals surface area contributed by atoms with Crippen molar-refractivity contribution in [3.63, 3.8) is 0 Å². The number of aliphatic hydroxyl groups is 1. The Hall–Kier alpha value is -1.43. The maximum absolute atomic E-state index is 13.6. The van der Waals surface area contributed by atoms with Gasteiger partial charge in [-0.1, -0.05) is 0 Å². The van der Waals surface area contributed by atoms with E-state index in [1.807, 2.05) is 0 Å². The molecule has 5 nitrogen and oxygen atoms in total. The third-order valence-electron chi connectivity index (χ3n) is 2.89. The van der Waals surface area contributed by atoms with Gasteiger partial charge in [-0.15, -0.1) is 0 Å². The van der Waals surface area contributed by atoms with Crippen LogP contribution >= 0.6 is 0 Å². The molecule has 0 amide bonds.